The first-order valence-corrected chi connectivity index (χ1v) is 11.7. The number of carbonyl (C=O) groups is 1. The molecule has 0 aromatic rings. The van der Waals surface area contributed by atoms with E-state index in [2.05, 4.69) is 31.8 Å². The van der Waals surface area contributed by atoms with Crippen LogP contribution >= 0.6 is 0 Å². The highest BCUT2D eigenvalue weighted by Gasteiger charge is 2.61. The molecule has 0 aromatic heterocycles. The Bertz CT molecular complexity index is 666. The minimum atomic E-state index is -0.754. The van der Waals surface area contributed by atoms with Gasteiger partial charge in [0.25, 0.3) is 0 Å². The average molecular weight is 403 g/mol. The van der Waals surface area contributed by atoms with Gasteiger partial charge in [-0.25, -0.2) is 0 Å². The van der Waals surface area contributed by atoms with Gasteiger partial charge in [0, 0.05) is 6.42 Å². The molecule has 4 nitrogen and oxygen atoms in total. The Morgan fingerprint density at radius 2 is 1.97 bits per heavy atom. The molecule has 0 bridgehead atoms. The lowest BCUT2D eigenvalue weighted by Crippen LogP contribution is -2.58. The Morgan fingerprint density at radius 3 is 2.59 bits per heavy atom. The predicted molar refractivity (Wildman–Crippen MR) is 114 cm³/mol. The van der Waals surface area contributed by atoms with Crippen LogP contribution in [0.5, 0.6) is 0 Å². The largest absolute Gasteiger partial charge is 0.481 e. The summed E-state index contributed by atoms with van der Waals surface area (Å²) in [5, 5.41) is 30.4. The molecular formula is C25H38O4. The molecule has 0 saturated heterocycles. The maximum Gasteiger partial charge on any atom is 0.303 e. The first kappa shape index (κ1) is 22.4. The van der Waals surface area contributed by atoms with Crippen LogP contribution in [0.3, 0.4) is 0 Å². The lowest BCUT2D eigenvalue weighted by atomic mass is 9.41. The summed E-state index contributed by atoms with van der Waals surface area (Å²) in [7, 11) is 0. The second-order valence-corrected chi connectivity index (χ2v) is 9.41. The van der Waals surface area contributed by atoms with E-state index in [1.54, 1.807) is 0 Å². The number of aliphatic carboxylic acids is 1. The minimum Gasteiger partial charge on any atom is -0.481 e. The number of hydrogen-bond donors (Lipinski definition) is 3. The van der Waals surface area contributed by atoms with Gasteiger partial charge in [-0.3, -0.25) is 4.79 Å². The zero-order chi connectivity index (χ0) is 21.0. The van der Waals surface area contributed by atoms with Crippen LogP contribution in [-0.4, -0.2) is 33.5 Å². The highest BCUT2D eigenvalue weighted by atomic mass is 16.4. The van der Waals surface area contributed by atoms with Gasteiger partial charge in [0.15, 0.2) is 0 Å². The molecule has 6 atom stereocenters. The second-order valence-electron chi connectivity index (χ2n) is 9.41. The third kappa shape index (κ3) is 4.42. The van der Waals surface area contributed by atoms with Crippen molar-refractivity contribution >= 4 is 5.97 Å². The quantitative estimate of drug-likeness (QED) is 0.450. The third-order valence-electron chi connectivity index (χ3n) is 8.02. The van der Waals surface area contributed by atoms with Gasteiger partial charge in [-0.05, 0) is 68.1 Å². The van der Waals surface area contributed by atoms with Crippen LogP contribution in [0.4, 0.5) is 0 Å². The highest BCUT2D eigenvalue weighted by molar-refractivity contribution is 5.66. The molecule has 3 aliphatic carbocycles. The zero-order valence-electron chi connectivity index (χ0n) is 18.1. The Hall–Kier alpha value is -1.31. The van der Waals surface area contributed by atoms with Crippen molar-refractivity contribution in [2.24, 2.45) is 29.1 Å². The van der Waals surface area contributed by atoms with Gasteiger partial charge in [0.2, 0.25) is 0 Å². The van der Waals surface area contributed by atoms with E-state index in [0.29, 0.717) is 18.3 Å². The van der Waals surface area contributed by atoms with Gasteiger partial charge in [-0.1, -0.05) is 56.6 Å². The van der Waals surface area contributed by atoms with Crippen molar-refractivity contribution in [3.63, 3.8) is 0 Å². The number of aliphatic hydroxyl groups excluding tert-OH is 2. The molecule has 3 aliphatic rings. The number of carboxylic acids is 1. The fourth-order valence-corrected chi connectivity index (χ4v) is 6.50. The minimum absolute atomic E-state index is 0.0492. The van der Waals surface area contributed by atoms with E-state index in [1.165, 1.54) is 24.8 Å². The molecule has 0 aliphatic heterocycles. The molecule has 3 rings (SSSR count). The molecule has 0 heterocycles. The number of allylic oxidation sites excluding steroid dienone is 2. The first-order chi connectivity index (χ1) is 13.9. The summed E-state index contributed by atoms with van der Waals surface area (Å²) < 4.78 is 0. The Kier molecular flexibility index (Phi) is 7.46. The average Bonchev–Trinajstić information content (AvgIpc) is 2.72. The van der Waals surface area contributed by atoms with Crippen molar-refractivity contribution in [1.82, 2.24) is 0 Å². The van der Waals surface area contributed by atoms with Crippen LogP contribution in [0.2, 0.25) is 0 Å². The molecule has 2 unspecified atom stereocenters. The molecule has 162 valence electrons. The predicted octanol–water partition coefficient (Wildman–Crippen LogP) is 4.55. The van der Waals surface area contributed by atoms with Crippen molar-refractivity contribution in [2.75, 3.05) is 0 Å². The van der Waals surface area contributed by atoms with E-state index < -0.39 is 18.2 Å². The van der Waals surface area contributed by atoms with Crippen LogP contribution < -0.4 is 0 Å². The van der Waals surface area contributed by atoms with Crippen molar-refractivity contribution in [3.05, 3.63) is 11.6 Å². The summed E-state index contributed by atoms with van der Waals surface area (Å²) in [4.78, 5) is 10.9. The summed E-state index contributed by atoms with van der Waals surface area (Å²) in [6, 6.07) is 0. The molecule has 0 radical (unpaired) electrons. The maximum atomic E-state index is 10.9. The molecule has 0 spiro atoms. The molecule has 3 fully saturated rings. The van der Waals surface area contributed by atoms with Crippen molar-refractivity contribution < 1.29 is 20.1 Å². The lowest BCUT2D eigenvalue weighted by Gasteiger charge is -2.63. The van der Waals surface area contributed by atoms with Gasteiger partial charge < -0.3 is 15.3 Å². The summed E-state index contributed by atoms with van der Waals surface area (Å²) in [5.41, 5.74) is 1.45. The molecule has 29 heavy (non-hydrogen) atoms. The van der Waals surface area contributed by atoms with E-state index >= 15 is 0 Å². The Labute approximate surface area is 175 Å². The van der Waals surface area contributed by atoms with E-state index in [-0.39, 0.29) is 23.7 Å². The van der Waals surface area contributed by atoms with Gasteiger partial charge in [0.05, 0.1) is 12.0 Å². The van der Waals surface area contributed by atoms with Gasteiger partial charge in [0.1, 0.15) is 6.10 Å². The van der Waals surface area contributed by atoms with Crippen LogP contribution in [-0.2, 0) is 4.79 Å². The van der Waals surface area contributed by atoms with Gasteiger partial charge in [-0.2, -0.15) is 0 Å². The van der Waals surface area contributed by atoms with Crippen molar-refractivity contribution in [3.8, 4) is 11.8 Å². The van der Waals surface area contributed by atoms with Crippen LogP contribution in [0.25, 0.3) is 0 Å². The highest BCUT2D eigenvalue weighted by Crippen LogP contribution is 2.66. The fourth-order valence-electron chi connectivity index (χ4n) is 6.50. The number of rotatable bonds is 6. The zero-order valence-corrected chi connectivity index (χ0v) is 18.1. The summed E-state index contributed by atoms with van der Waals surface area (Å²) in [5.74, 6) is 6.60. The first-order valence-electron chi connectivity index (χ1n) is 11.7. The molecule has 3 N–H and O–H groups in total. The molecule has 4 heteroatoms. The smallest absolute Gasteiger partial charge is 0.303 e. The second kappa shape index (κ2) is 9.67. The molecule has 0 aromatic carbocycles. The summed E-state index contributed by atoms with van der Waals surface area (Å²) >= 11 is 0. The fraction of sp³-hybridized carbons (Fsp3) is 0.800. The Balaban J connectivity index is 1.80. The van der Waals surface area contributed by atoms with Crippen molar-refractivity contribution in [1.29, 1.82) is 0 Å². The number of hydrogen-bond acceptors (Lipinski definition) is 3. The van der Waals surface area contributed by atoms with Crippen LogP contribution in [0.1, 0.15) is 84.5 Å². The maximum absolute atomic E-state index is 10.9. The van der Waals surface area contributed by atoms with Gasteiger partial charge in [-0.15, -0.1) is 0 Å². The number of fused-ring (bicyclic) bond motifs is 1. The third-order valence-corrected chi connectivity index (χ3v) is 8.02. The van der Waals surface area contributed by atoms with E-state index in [0.717, 1.165) is 38.5 Å². The van der Waals surface area contributed by atoms with Crippen LogP contribution in [0.15, 0.2) is 11.6 Å². The number of aliphatic hydroxyl groups is 2. The standard InChI is InChI=1S/C25H38O4/c1-3-18-20(11-8-12-23(28)29)25(4-2)16-15-22(27)19(24(18)25)13-14-21(26)17-9-6-5-7-10-17/h11,17-19,21-22,24,26-27H,3-10,12,15-16H2,1-2H3,(H,28,29)/t18?,19-,21?,22+,24+,25+/m0/s1. The summed E-state index contributed by atoms with van der Waals surface area (Å²) in [6.45, 7) is 4.39. The lowest BCUT2D eigenvalue weighted by molar-refractivity contribution is -0.136. The molecule has 3 saturated carbocycles. The van der Waals surface area contributed by atoms with Crippen LogP contribution in [0, 0.1) is 40.9 Å². The topological polar surface area (TPSA) is 77.8 Å². The van der Waals surface area contributed by atoms with Gasteiger partial charge >= 0.3 is 5.97 Å². The van der Waals surface area contributed by atoms with E-state index in [4.69, 9.17) is 5.11 Å². The summed E-state index contributed by atoms with van der Waals surface area (Å²) in [6.07, 6.45) is 11.3. The SMILES string of the molecule is CCC1C(=CCCC(=O)O)[C@@]2(CC)CC[C@@H](O)[C@H](C#CC(O)C3CCCCC3)[C@@H]12. The molecule has 0 amide bonds. The Morgan fingerprint density at radius 1 is 1.24 bits per heavy atom. The van der Waals surface area contributed by atoms with E-state index in [1.807, 2.05) is 0 Å². The number of carboxylic acid groups (broad SMARTS) is 1. The molecular weight excluding hydrogens is 364 g/mol. The van der Waals surface area contributed by atoms with E-state index in [9.17, 15) is 15.0 Å². The normalized spacial score (nSPS) is 37.2. The van der Waals surface area contributed by atoms with Crippen molar-refractivity contribution in [2.45, 2.75) is 96.7 Å². The monoisotopic (exact) mass is 402 g/mol.